The van der Waals surface area contributed by atoms with E-state index in [0.29, 0.717) is 0 Å². The largest absolute Gasteiger partial charge is 0.497 e. The number of benzene rings is 2. The highest BCUT2D eigenvalue weighted by Gasteiger charge is 1.99. The van der Waals surface area contributed by atoms with E-state index in [9.17, 15) is 0 Å². The van der Waals surface area contributed by atoms with Crippen LogP contribution in [0.1, 0.15) is 16.7 Å². The maximum absolute atomic E-state index is 5.60. The lowest BCUT2D eigenvalue weighted by molar-refractivity contribution is 0.415. The minimum atomic E-state index is 0.829. The number of allylic oxidation sites excluding steroid dienone is 1. The van der Waals surface area contributed by atoms with E-state index in [4.69, 9.17) is 11.2 Å². The van der Waals surface area contributed by atoms with Crippen LogP contribution in [0.15, 0.2) is 48.5 Å². The fourth-order valence-corrected chi connectivity index (χ4v) is 1.81. The molecule has 0 amide bonds. The molecule has 0 aliphatic carbocycles. The molecule has 0 heterocycles. The van der Waals surface area contributed by atoms with Gasteiger partial charge in [-0.05, 0) is 36.3 Å². The number of aryl methyl sites for hydroxylation is 1. The number of terminal acetylenes is 1. The van der Waals surface area contributed by atoms with Gasteiger partial charge in [0.05, 0.1) is 7.11 Å². The fraction of sp³-hybridized carbons (Fsp3) is 0.111. The Morgan fingerprint density at radius 3 is 2.21 bits per heavy atom. The molecule has 0 saturated heterocycles. The lowest BCUT2D eigenvalue weighted by atomic mass is 10.0. The molecule has 0 saturated carbocycles. The smallest absolute Gasteiger partial charge is 0.118 e. The molecule has 2 rings (SSSR count). The maximum Gasteiger partial charge on any atom is 0.118 e. The maximum atomic E-state index is 5.60. The van der Waals surface area contributed by atoms with Gasteiger partial charge in [-0.25, -0.2) is 0 Å². The van der Waals surface area contributed by atoms with Crippen molar-refractivity contribution in [3.63, 3.8) is 0 Å². The minimum Gasteiger partial charge on any atom is -0.497 e. The van der Waals surface area contributed by atoms with E-state index in [-0.39, 0.29) is 0 Å². The van der Waals surface area contributed by atoms with Crippen molar-refractivity contribution < 1.29 is 4.74 Å². The normalized spacial score (nSPS) is 10.9. The van der Waals surface area contributed by atoms with Crippen LogP contribution in [-0.2, 0) is 0 Å². The summed E-state index contributed by atoms with van der Waals surface area (Å²) in [6.07, 6.45) is 7.62. The van der Waals surface area contributed by atoms with Crippen LogP contribution in [0.25, 0.3) is 11.6 Å². The van der Waals surface area contributed by atoms with Crippen LogP contribution in [0.4, 0.5) is 0 Å². The van der Waals surface area contributed by atoms with E-state index in [2.05, 4.69) is 37.1 Å². The first kappa shape index (κ1) is 13.0. The molecule has 19 heavy (non-hydrogen) atoms. The highest BCUT2D eigenvalue weighted by Crippen LogP contribution is 2.20. The van der Waals surface area contributed by atoms with Gasteiger partial charge in [-0.15, -0.1) is 6.42 Å². The first-order chi connectivity index (χ1) is 9.22. The molecule has 0 unspecified atom stereocenters. The Bertz CT molecular complexity index is 610. The second-order valence-electron chi connectivity index (χ2n) is 4.34. The summed E-state index contributed by atoms with van der Waals surface area (Å²) in [5.74, 6) is 3.57. The van der Waals surface area contributed by atoms with Crippen molar-refractivity contribution in [2.24, 2.45) is 0 Å². The Morgan fingerprint density at radius 1 is 1.05 bits per heavy atom. The molecule has 0 bridgehead atoms. The quantitative estimate of drug-likeness (QED) is 0.585. The van der Waals surface area contributed by atoms with Gasteiger partial charge in [-0.2, -0.15) is 0 Å². The third-order valence-corrected chi connectivity index (χ3v) is 2.94. The predicted octanol–water partition coefficient (Wildman–Crippen LogP) is 4.18. The lowest BCUT2D eigenvalue weighted by Crippen LogP contribution is -1.85. The molecule has 0 aliphatic rings. The number of hydrogen-bond acceptors (Lipinski definition) is 1. The highest BCUT2D eigenvalue weighted by atomic mass is 16.5. The Balaban J connectivity index is 2.33. The van der Waals surface area contributed by atoms with Crippen molar-refractivity contribution in [1.82, 2.24) is 0 Å². The highest BCUT2D eigenvalue weighted by molar-refractivity contribution is 5.90. The Hall–Kier alpha value is -2.46. The molecule has 0 N–H and O–H groups in total. The number of methoxy groups -OCH3 is 1. The summed E-state index contributed by atoms with van der Waals surface area (Å²) >= 11 is 0. The monoisotopic (exact) mass is 248 g/mol. The molecule has 0 aliphatic heterocycles. The molecule has 0 spiro atoms. The molecule has 1 nitrogen and oxygen atoms in total. The van der Waals surface area contributed by atoms with Gasteiger partial charge in [-0.3, -0.25) is 0 Å². The summed E-state index contributed by atoms with van der Waals surface area (Å²) in [6, 6.07) is 16.1. The molecule has 0 fully saturated rings. The molecule has 94 valence electrons. The fourth-order valence-electron chi connectivity index (χ4n) is 1.81. The van der Waals surface area contributed by atoms with E-state index in [1.54, 1.807) is 7.11 Å². The number of rotatable bonds is 3. The third kappa shape index (κ3) is 3.26. The van der Waals surface area contributed by atoms with Gasteiger partial charge in [0.15, 0.2) is 0 Å². The van der Waals surface area contributed by atoms with E-state index in [1.807, 2.05) is 30.3 Å². The topological polar surface area (TPSA) is 9.23 Å². The average Bonchev–Trinajstić information content (AvgIpc) is 2.47. The van der Waals surface area contributed by atoms with Crippen LogP contribution in [0, 0.1) is 19.3 Å². The van der Waals surface area contributed by atoms with Gasteiger partial charge in [0, 0.05) is 5.57 Å². The zero-order valence-corrected chi connectivity index (χ0v) is 11.2. The second-order valence-corrected chi connectivity index (χ2v) is 4.34. The van der Waals surface area contributed by atoms with Crippen molar-refractivity contribution >= 4 is 11.6 Å². The number of hydrogen-bond donors (Lipinski definition) is 0. The van der Waals surface area contributed by atoms with Crippen molar-refractivity contribution in [2.45, 2.75) is 6.92 Å². The number of ether oxygens (including phenoxy) is 1. The molecule has 2 aromatic rings. The molecule has 1 heteroatoms. The standard InChI is InChI=1S/C18H16O/c1-4-16(13-15-7-5-14(2)6-8-15)17-9-11-18(19-3)12-10-17/h1,5-13H,2-3H3/b16-13+. The van der Waals surface area contributed by atoms with Crippen LogP contribution in [0.2, 0.25) is 0 Å². The van der Waals surface area contributed by atoms with Crippen molar-refractivity contribution in [1.29, 1.82) is 0 Å². The molecule has 0 atom stereocenters. The molecule has 0 radical (unpaired) electrons. The SMILES string of the molecule is C#C/C(=C\c1ccc(C)cc1)c1ccc(OC)cc1. The van der Waals surface area contributed by atoms with Crippen molar-refractivity contribution in [3.8, 4) is 18.1 Å². The van der Waals surface area contributed by atoms with Gasteiger partial charge < -0.3 is 4.74 Å². The van der Waals surface area contributed by atoms with Crippen molar-refractivity contribution in [2.75, 3.05) is 7.11 Å². The summed E-state index contributed by atoms with van der Waals surface area (Å²) in [5.41, 5.74) is 4.23. The van der Waals surface area contributed by atoms with Crippen LogP contribution < -0.4 is 4.74 Å². The zero-order chi connectivity index (χ0) is 13.7. The average molecular weight is 248 g/mol. The second kappa shape index (κ2) is 5.93. The van der Waals surface area contributed by atoms with E-state index < -0.39 is 0 Å². The van der Waals surface area contributed by atoms with Gasteiger partial charge in [0.2, 0.25) is 0 Å². The van der Waals surface area contributed by atoms with Crippen LogP contribution >= 0.6 is 0 Å². The predicted molar refractivity (Wildman–Crippen MR) is 80.9 cm³/mol. The zero-order valence-electron chi connectivity index (χ0n) is 11.2. The first-order valence-corrected chi connectivity index (χ1v) is 6.12. The molecule has 0 aromatic heterocycles. The Morgan fingerprint density at radius 2 is 1.68 bits per heavy atom. The lowest BCUT2D eigenvalue weighted by Gasteiger charge is -2.04. The van der Waals surface area contributed by atoms with Crippen molar-refractivity contribution in [3.05, 3.63) is 65.2 Å². The van der Waals surface area contributed by atoms with E-state index >= 15 is 0 Å². The molecular weight excluding hydrogens is 232 g/mol. The van der Waals surface area contributed by atoms with E-state index in [1.165, 1.54) is 5.56 Å². The van der Waals surface area contributed by atoms with Gasteiger partial charge in [0.1, 0.15) is 5.75 Å². The minimum absolute atomic E-state index is 0.829. The summed E-state index contributed by atoms with van der Waals surface area (Å²) < 4.78 is 5.14. The summed E-state index contributed by atoms with van der Waals surface area (Å²) in [5, 5.41) is 0. The summed E-state index contributed by atoms with van der Waals surface area (Å²) in [7, 11) is 1.65. The van der Waals surface area contributed by atoms with Gasteiger partial charge >= 0.3 is 0 Å². The van der Waals surface area contributed by atoms with Gasteiger partial charge in [-0.1, -0.05) is 47.9 Å². The van der Waals surface area contributed by atoms with Crippen LogP contribution in [-0.4, -0.2) is 7.11 Å². The first-order valence-electron chi connectivity index (χ1n) is 6.12. The molecular formula is C18H16O. The van der Waals surface area contributed by atoms with Crippen LogP contribution in [0.5, 0.6) is 5.75 Å². The molecule has 2 aromatic carbocycles. The third-order valence-electron chi connectivity index (χ3n) is 2.94. The summed E-state index contributed by atoms with van der Waals surface area (Å²) in [6.45, 7) is 2.07. The summed E-state index contributed by atoms with van der Waals surface area (Å²) in [4.78, 5) is 0. The van der Waals surface area contributed by atoms with E-state index in [0.717, 1.165) is 22.4 Å². The van der Waals surface area contributed by atoms with Crippen LogP contribution in [0.3, 0.4) is 0 Å². The Labute approximate surface area is 114 Å². The Kier molecular flexibility index (Phi) is 4.05. The van der Waals surface area contributed by atoms with Gasteiger partial charge in [0.25, 0.3) is 0 Å².